The molecule has 0 fully saturated rings. The van der Waals surface area contributed by atoms with Gasteiger partial charge in [0.05, 0.1) is 5.69 Å². The van der Waals surface area contributed by atoms with Crippen molar-refractivity contribution in [2.45, 2.75) is 20.4 Å². The van der Waals surface area contributed by atoms with Crippen LogP contribution in [0.2, 0.25) is 0 Å². The molecule has 0 unspecified atom stereocenters. The molecule has 0 N–H and O–H groups in total. The zero-order valence-electron chi connectivity index (χ0n) is 13.9. The van der Waals surface area contributed by atoms with Crippen LogP contribution in [0.4, 0.5) is 0 Å². The third kappa shape index (κ3) is 3.03. The van der Waals surface area contributed by atoms with E-state index in [-0.39, 0.29) is 5.56 Å². The molecule has 3 heterocycles. The van der Waals surface area contributed by atoms with Crippen molar-refractivity contribution in [1.82, 2.24) is 29.6 Å². The van der Waals surface area contributed by atoms with Gasteiger partial charge in [-0.3, -0.25) is 9.20 Å². The highest BCUT2D eigenvalue weighted by molar-refractivity contribution is 5.54. The number of pyridine rings is 1. The molecule has 7 heteroatoms. The molecule has 0 aliphatic rings. The number of rotatable bonds is 3. The van der Waals surface area contributed by atoms with Crippen LogP contribution in [-0.2, 0) is 6.54 Å². The van der Waals surface area contributed by atoms with Gasteiger partial charge < -0.3 is 0 Å². The van der Waals surface area contributed by atoms with Crippen LogP contribution in [0.25, 0.3) is 17.0 Å². The van der Waals surface area contributed by atoms with Crippen LogP contribution in [0.5, 0.6) is 0 Å². The predicted molar refractivity (Wildman–Crippen MR) is 93.3 cm³/mol. The first-order valence-corrected chi connectivity index (χ1v) is 7.92. The molecular weight excluding hydrogens is 316 g/mol. The number of hydrogen-bond donors (Lipinski definition) is 0. The van der Waals surface area contributed by atoms with E-state index in [0.717, 1.165) is 11.1 Å². The SMILES string of the molecule is Cc1ccc(-c2nnn(Cc3cc(=O)n4cc(C)ccc4n3)n2)cc1. The topological polar surface area (TPSA) is 78.0 Å². The standard InChI is InChI=1S/C18H16N6O/c1-12-3-6-14(7-4-12)18-20-22-24(21-18)11-15-9-17(25)23-10-13(2)5-8-16(23)19-15/h3-10H,11H2,1-2H3. The van der Waals surface area contributed by atoms with Crippen LogP contribution in [0.3, 0.4) is 0 Å². The van der Waals surface area contributed by atoms with Crippen molar-refractivity contribution in [3.05, 3.63) is 75.8 Å². The van der Waals surface area contributed by atoms with E-state index in [4.69, 9.17) is 0 Å². The molecule has 25 heavy (non-hydrogen) atoms. The molecule has 0 aliphatic heterocycles. The van der Waals surface area contributed by atoms with Gasteiger partial charge in [-0.25, -0.2) is 4.98 Å². The van der Waals surface area contributed by atoms with E-state index in [1.807, 2.05) is 50.2 Å². The minimum Gasteiger partial charge on any atom is -0.269 e. The molecule has 4 rings (SSSR count). The van der Waals surface area contributed by atoms with Crippen molar-refractivity contribution >= 4 is 5.65 Å². The minimum absolute atomic E-state index is 0.123. The quantitative estimate of drug-likeness (QED) is 0.573. The van der Waals surface area contributed by atoms with Gasteiger partial charge >= 0.3 is 0 Å². The molecule has 0 saturated heterocycles. The van der Waals surface area contributed by atoms with Crippen molar-refractivity contribution < 1.29 is 0 Å². The van der Waals surface area contributed by atoms with E-state index in [9.17, 15) is 4.79 Å². The number of nitrogens with zero attached hydrogens (tertiary/aromatic N) is 6. The van der Waals surface area contributed by atoms with Gasteiger partial charge in [-0.15, -0.1) is 10.2 Å². The first-order valence-electron chi connectivity index (χ1n) is 7.92. The molecule has 0 bridgehead atoms. The van der Waals surface area contributed by atoms with Crippen molar-refractivity contribution in [2.75, 3.05) is 0 Å². The molecule has 0 atom stereocenters. The molecule has 124 valence electrons. The van der Waals surface area contributed by atoms with E-state index in [1.165, 1.54) is 20.8 Å². The molecule has 1 aromatic carbocycles. The second-order valence-electron chi connectivity index (χ2n) is 6.03. The molecule has 0 amide bonds. The molecule has 0 radical (unpaired) electrons. The Kier molecular flexibility index (Phi) is 3.61. The summed E-state index contributed by atoms with van der Waals surface area (Å²) >= 11 is 0. The average Bonchev–Trinajstić information content (AvgIpc) is 3.05. The zero-order valence-corrected chi connectivity index (χ0v) is 13.9. The Morgan fingerprint density at radius 1 is 1.00 bits per heavy atom. The van der Waals surface area contributed by atoms with Crippen LogP contribution in [0, 0.1) is 13.8 Å². The predicted octanol–water partition coefficient (Wildman–Crippen LogP) is 2.01. The summed E-state index contributed by atoms with van der Waals surface area (Å²) in [5, 5.41) is 12.5. The van der Waals surface area contributed by atoms with Gasteiger partial charge in [0.25, 0.3) is 5.56 Å². The molecule has 7 nitrogen and oxygen atoms in total. The molecule has 0 aliphatic carbocycles. The maximum Gasteiger partial charge on any atom is 0.258 e. The van der Waals surface area contributed by atoms with Gasteiger partial charge in [-0.1, -0.05) is 35.9 Å². The summed E-state index contributed by atoms with van der Waals surface area (Å²) in [6.07, 6.45) is 1.78. The monoisotopic (exact) mass is 332 g/mol. The average molecular weight is 332 g/mol. The highest BCUT2D eigenvalue weighted by atomic mass is 16.1. The van der Waals surface area contributed by atoms with Gasteiger partial charge in [0.1, 0.15) is 12.2 Å². The summed E-state index contributed by atoms with van der Waals surface area (Å²) < 4.78 is 1.53. The molecule has 3 aromatic heterocycles. The van der Waals surface area contributed by atoms with Gasteiger partial charge in [0.2, 0.25) is 5.82 Å². The summed E-state index contributed by atoms with van der Waals surface area (Å²) in [5.74, 6) is 0.549. The number of tetrazole rings is 1. The van der Waals surface area contributed by atoms with E-state index in [2.05, 4.69) is 20.4 Å². The van der Waals surface area contributed by atoms with E-state index < -0.39 is 0 Å². The molecule has 0 spiro atoms. The first-order chi connectivity index (χ1) is 12.1. The van der Waals surface area contributed by atoms with Crippen molar-refractivity contribution in [3.63, 3.8) is 0 Å². The number of fused-ring (bicyclic) bond motifs is 1. The number of benzene rings is 1. The summed E-state index contributed by atoms with van der Waals surface area (Å²) in [6.45, 7) is 4.25. The summed E-state index contributed by atoms with van der Waals surface area (Å²) in [4.78, 5) is 18.2. The number of aryl methyl sites for hydroxylation is 2. The summed E-state index contributed by atoms with van der Waals surface area (Å²) in [7, 11) is 0. The fraction of sp³-hybridized carbons (Fsp3) is 0.167. The maximum atomic E-state index is 12.3. The smallest absolute Gasteiger partial charge is 0.258 e. The van der Waals surface area contributed by atoms with Gasteiger partial charge in [0, 0.05) is 17.8 Å². The Balaban J connectivity index is 1.64. The van der Waals surface area contributed by atoms with Crippen LogP contribution < -0.4 is 5.56 Å². The van der Waals surface area contributed by atoms with Crippen LogP contribution in [0.1, 0.15) is 16.8 Å². The molecule has 4 aromatic rings. The highest BCUT2D eigenvalue weighted by Gasteiger charge is 2.08. The second-order valence-corrected chi connectivity index (χ2v) is 6.03. The van der Waals surface area contributed by atoms with E-state index >= 15 is 0 Å². The molecule has 0 saturated carbocycles. The number of hydrogen-bond acceptors (Lipinski definition) is 5. The van der Waals surface area contributed by atoms with Gasteiger partial charge in [-0.05, 0) is 30.7 Å². The molecular formula is C18H16N6O. The maximum absolute atomic E-state index is 12.3. The first kappa shape index (κ1) is 15.2. The van der Waals surface area contributed by atoms with E-state index in [1.54, 1.807) is 6.20 Å². The van der Waals surface area contributed by atoms with Crippen LogP contribution in [-0.4, -0.2) is 29.6 Å². The lowest BCUT2D eigenvalue weighted by Crippen LogP contribution is -2.17. The van der Waals surface area contributed by atoms with Crippen LogP contribution >= 0.6 is 0 Å². The Bertz CT molecular complexity index is 1110. The largest absolute Gasteiger partial charge is 0.269 e. The fourth-order valence-electron chi connectivity index (χ4n) is 2.61. The van der Waals surface area contributed by atoms with Crippen molar-refractivity contribution in [3.8, 4) is 11.4 Å². The highest BCUT2D eigenvalue weighted by Crippen LogP contribution is 2.14. The Labute approximate surface area is 143 Å². The number of aromatic nitrogens is 6. The third-order valence-corrected chi connectivity index (χ3v) is 3.93. The van der Waals surface area contributed by atoms with Crippen molar-refractivity contribution in [2.24, 2.45) is 0 Å². The lowest BCUT2D eigenvalue weighted by molar-refractivity contribution is 0.564. The lowest BCUT2D eigenvalue weighted by atomic mass is 10.1. The zero-order chi connectivity index (χ0) is 17.4. The fourth-order valence-corrected chi connectivity index (χ4v) is 2.61. The second kappa shape index (κ2) is 5.94. The lowest BCUT2D eigenvalue weighted by Gasteiger charge is -2.04. The van der Waals surface area contributed by atoms with Gasteiger partial charge in [0.15, 0.2) is 0 Å². The van der Waals surface area contributed by atoms with E-state index in [0.29, 0.717) is 23.7 Å². The van der Waals surface area contributed by atoms with Crippen molar-refractivity contribution in [1.29, 1.82) is 0 Å². The Hall–Kier alpha value is -3.35. The van der Waals surface area contributed by atoms with Crippen LogP contribution in [0.15, 0.2) is 53.5 Å². The summed E-state index contributed by atoms with van der Waals surface area (Å²) in [5.41, 5.74) is 4.16. The third-order valence-electron chi connectivity index (χ3n) is 3.93. The summed E-state index contributed by atoms with van der Waals surface area (Å²) in [6, 6.07) is 13.2. The normalized spacial score (nSPS) is 11.1. The Morgan fingerprint density at radius 3 is 2.56 bits per heavy atom. The Morgan fingerprint density at radius 2 is 1.76 bits per heavy atom. The van der Waals surface area contributed by atoms with Gasteiger partial charge in [-0.2, -0.15) is 4.80 Å². The minimum atomic E-state index is -0.123.